The highest BCUT2D eigenvalue weighted by Crippen LogP contribution is 2.11. The van der Waals surface area contributed by atoms with Crippen molar-refractivity contribution < 1.29 is 4.39 Å². The molecule has 0 aliphatic heterocycles. The van der Waals surface area contributed by atoms with E-state index in [1.807, 2.05) is 20.8 Å². The summed E-state index contributed by atoms with van der Waals surface area (Å²) in [7, 11) is 0. The van der Waals surface area contributed by atoms with Crippen LogP contribution in [0.5, 0.6) is 0 Å². The molecular weight excluding hydrogens is 139 g/mol. The Morgan fingerprint density at radius 1 is 1.45 bits per heavy atom. The van der Waals surface area contributed by atoms with Gasteiger partial charge in [-0.05, 0) is 12.0 Å². The van der Waals surface area contributed by atoms with Crippen molar-refractivity contribution in [1.82, 2.24) is 0 Å². The van der Waals surface area contributed by atoms with Gasteiger partial charge in [-0.15, -0.1) is 0 Å². The van der Waals surface area contributed by atoms with Gasteiger partial charge < -0.3 is 0 Å². The van der Waals surface area contributed by atoms with E-state index in [9.17, 15) is 4.39 Å². The molecular formula is C10H17F. The van der Waals surface area contributed by atoms with Crippen LogP contribution < -0.4 is 0 Å². The van der Waals surface area contributed by atoms with Gasteiger partial charge in [-0.2, -0.15) is 0 Å². The Morgan fingerprint density at radius 3 is 2.00 bits per heavy atom. The molecule has 11 heavy (non-hydrogen) atoms. The van der Waals surface area contributed by atoms with Crippen LogP contribution in [-0.4, -0.2) is 0 Å². The molecule has 0 aliphatic rings. The minimum Gasteiger partial charge on any atom is -0.207 e. The lowest BCUT2D eigenvalue weighted by Gasteiger charge is -1.94. The Hall–Kier alpha value is -0.850. The van der Waals surface area contributed by atoms with Gasteiger partial charge in [0.25, 0.3) is 0 Å². The summed E-state index contributed by atoms with van der Waals surface area (Å²) in [6, 6.07) is 0. The van der Waals surface area contributed by atoms with Gasteiger partial charge in [0, 0.05) is 0 Å². The molecule has 1 heteroatoms. The van der Waals surface area contributed by atoms with Crippen molar-refractivity contribution in [3.8, 4) is 0 Å². The van der Waals surface area contributed by atoms with Crippen molar-refractivity contribution in [2.24, 2.45) is 0 Å². The number of rotatable bonds is 3. The standard InChI is InChI=1S/C8H11F.C2H6/c1-4-6-8(5-2)7(3)9;1-2/h4,6H,1,3,5H2,2H3;1-2H3/b8-6-;. The molecule has 0 radical (unpaired) electrons. The minimum absolute atomic E-state index is 0.364. The maximum absolute atomic E-state index is 12.2. The lowest BCUT2D eigenvalue weighted by molar-refractivity contribution is 0.647. The Kier molecular flexibility index (Phi) is 10.6. The number of hydrogen-bond donors (Lipinski definition) is 0. The third kappa shape index (κ3) is 7.04. The van der Waals surface area contributed by atoms with Crippen LogP contribution in [0.4, 0.5) is 4.39 Å². The number of halogens is 1. The molecule has 0 bridgehead atoms. The maximum atomic E-state index is 12.2. The molecule has 0 N–H and O–H groups in total. The average Bonchev–Trinajstić information content (AvgIpc) is 2.03. The molecule has 0 aliphatic carbocycles. The van der Waals surface area contributed by atoms with Crippen molar-refractivity contribution in [1.29, 1.82) is 0 Å². The minimum atomic E-state index is -0.364. The van der Waals surface area contributed by atoms with Crippen molar-refractivity contribution in [2.75, 3.05) is 0 Å². The molecule has 0 saturated carbocycles. The molecule has 64 valence electrons. The van der Waals surface area contributed by atoms with Crippen molar-refractivity contribution in [3.05, 3.63) is 36.7 Å². The molecule has 0 rings (SSSR count). The SMILES string of the molecule is C=C/C=C(/CC)C(=C)F.CC. The molecule has 0 spiro atoms. The first kappa shape index (κ1) is 12.8. The third-order valence-electron chi connectivity index (χ3n) is 1.05. The van der Waals surface area contributed by atoms with Gasteiger partial charge in [-0.1, -0.05) is 46.1 Å². The maximum Gasteiger partial charge on any atom is 0.119 e. The molecule has 0 saturated heterocycles. The summed E-state index contributed by atoms with van der Waals surface area (Å²) in [6.45, 7) is 12.5. The van der Waals surface area contributed by atoms with E-state index in [1.165, 1.54) is 0 Å². The molecule has 0 aromatic heterocycles. The van der Waals surface area contributed by atoms with Gasteiger partial charge in [0.05, 0.1) is 0 Å². The highest BCUT2D eigenvalue weighted by Gasteiger charge is 1.94. The van der Waals surface area contributed by atoms with Gasteiger partial charge in [-0.3, -0.25) is 0 Å². The number of hydrogen-bond acceptors (Lipinski definition) is 0. The van der Waals surface area contributed by atoms with Crippen LogP contribution in [0.25, 0.3) is 0 Å². The van der Waals surface area contributed by atoms with Crippen LogP contribution in [0.15, 0.2) is 36.7 Å². The summed E-state index contributed by atoms with van der Waals surface area (Å²) in [5.74, 6) is -0.364. The first-order valence-electron chi connectivity index (χ1n) is 3.88. The summed E-state index contributed by atoms with van der Waals surface area (Å²) in [4.78, 5) is 0. The molecule has 0 atom stereocenters. The zero-order valence-corrected chi connectivity index (χ0v) is 7.65. The topological polar surface area (TPSA) is 0 Å². The second kappa shape index (κ2) is 9.15. The lowest BCUT2D eigenvalue weighted by Crippen LogP contribution is -1.77. The van der Waals surface area contributed by atoms with Crippen molar-refractivity contribution >= 4 is 0 Å². The Bertz CT molecular complexity index is 143. The molecule has 0 unspecified atom stereocenters. The first-order valence-corrected chi connectivity index (χ1v) is 3.88. The quantitative estimate of drug-likeness (QED) is 0.541. The van der Waals surface area contributed by atoms with Crippen LogP contribution in [-0.2, 0) is 0 Å². The Morgan fingerprint density at radius 2 is 1.91 bits per heavy atom. The fraction of sp³-hybridized carbons (Fsp3) is 0.400. The highest BCUT2D eigenvalue weighted by atomic mass is 19.1. The zero-order valence-electron chi connectivity index (χ0n) is 7.65. The van der Waals surface area contributed by atoms with E-state index < -0.39 is 0 Å². The predicted octanol–water partition coefficient (Wildman–Crippen LogP) is 4.02. The third-order valence-corrected chi connectivity index (χ3v) is 1.05. The number of allylic oxidation sites excluding steroid dienone is 4. The van der Waals surface area contributed by atoms with Crippen LogP contribution >= 0.6 is 0 Å². The normalized spacial score (nSPS) is 9.64. The van der Waals surface area contributed by atoms with E-state index in [4.69, 9.17) is 0 Å². The van der Waals surface area contributed by atoms with Crippen LogP contribution in [0, 0.1) is 0 Å². The van der Waals surface area contributed by atoms with E-state index in [-0.39, 0.29) is 5.83 Å². The molecule has 0 nitrogen and oxygen atoms in total. The molecule has 0 aromatic rings. The van der Waals surface area contributed by atoms with Gasteiger partial charge in [0.1, 0.15) is 5.83 Å². The summed E-state index contributed by atoms with van der Waals surface area (Å²) >= 11 is 0. The fourth-order valence-electron chi connectivity index (χ4n) is 0.542. The molecule has 0 amide bonds. The second-order valence-electron chi connectivity index (χ2n) is 1.69. The largest absolute Gasteiger partial charge is 0.207 e. The first-order chi connectivity index (χ1) is 5.22. The lowest BCUT2D eigenvalue weighted by atomic mass is 10.2. The van der Waals surface area contributed by atoms with E-state index in [0.717, 1.165) is 0 Å². The monoisotopic (exact) mass is 156 g/mol. The Balaban J connectivity index is 0. The summed E-state index contributed by atoms with van der Waals surface area (Å²) in [5, 5.41) is 0. The Labute approximate surface area is 69.1 Å². The van der Waals surface area contributed by atoms with Gasteiger partial charge >= 0.3 is 0 Å². The van der Waals surface area contributed by atoms with E-state index in [1.54, 1.807) is 12.2 Å². The van der Waals surface area contributed by atoms with Crippen LogP contribution in [0.1, 0.15) is 27.2 Å². The summed E-state index contributed by atoms with van der Waals surface area (Å²) in [5.41, 5.74) is 0.616. The average molecular weight is 156 g/mol. The smallest absolute Gasteiger partial charge is 0.119 e. The molecule has 0 fully saturated rings. The highest BCUT2D eigenvalue weighted by molar-refractivity contribution is 5.25. The summed E-state index contributed by atoms with van der Waals surface area (Å²) in [6.07, 6.45) is 3.85. The second-order valence-corrected chi connectivity index (χ2v) is 1.69. The predicted molar refractivity (Wildman–Crippen MR) is 50.2 cm³/mol. The van der Waals surface area contributed by atoms with E-state index in [0.29, 0.717) is 12.0 Å². The van der Waals surface area contributed by atoms with Crippen molar-refractivity contribution in [2.45, 2.75) is 27.2 Å². The fourth-order valence-corrected chi connectivity index (χ4v) is 0.542. The van der Waals surface area contributed by atoms with Crippen LogP contribution in [0.3, 0.4) is 0 Å². The van der Waals surface area contributed by atoms with E-state index >= 15 is 0 Å². The van der Waals surface area contributed by atoms with Gasteiger partial charge in [-0.25, -0.2) is 4.39 Å². The van der Waals surface area contributed by atoms with Gasteiger partial charge in [0.2, 0.25) is 0 Å². The van der Waals surface area contributed by atoms with Crippen molar-refractivity contribution in [3.63, 3.8) is 0 Å². The molecule has 0 heterocycles. The van der Waals surface area contributed by atoms with Crippen LogP contribution in [0.2, 0.25) is 0 Å². The zero-order chi connectivity index (χ0) is 9.28. The van der Waals surface area contributed by atoms with E-state index in [2.05, 4.69) is 13.2 Å². The molecule has 0 aromatic carbocycles. The summed E-state index contributed by atoms with van der Waals surface area (Å²) < 4.78 is 12.2. The van der Waals surface area contributed by atoms with Gasteiger partial charge in [0.15, 0.2) is 0 Å².